The molecule has 0 aliphatic heterocycles. The first kappa shape index (κ1) is 15.3. The van der Waals surface area contributed by atoms with Crippen LogP contribution in [0.1, 0.15) is 29.6 Å². The second-order valence-corrected chi connectivity index (χ2v) is 4.80. The van der Waals surface area contributed by atoms with E-state index >= 15 is 0 Å². The first-order chi connectivity index (χ1) is 9.95. The third kappa shape index (κ3) is 2.99. The van der Waals surface area contributed by atoms with E-state index in [9.17, 15) is 23.7 Å². The number of nitro groups is 1. The third-order valence-corrected chi connectivity index (χ3v) is 3.57. The third-order valence-electron chi connectivity index (χ3n) is 3.57. The number of nitro benzene ring substituents is 1. The molecule has 6 nitrogen and oxygen atoms in total. The molecular formula is C13H14F2N2O4. The molecule has 1 aliphatic rings. The van der Waals surface area contributed by atoms with Crippen LogP contribution in [0.3, 0.4) is 0 Å². The van der Waals surface area contributed by atoms with Crippen molar-refractivity contribution in [2.75, 3.05) is 7.11 Å². The average molecular weight is 300 g/mol. The highest BCUT2D eigenvalue weighted by atomic mass is 19.1. The van der Waals surface area contributed by atoms with Gasteiger partial charge in [-0.1, -0.05) is 0 Å². The van der Waals surface area contributed by atoms with Gasteiger partial charge in [0.25, 0.3) is 5.91 Å². The summed E-state index contributed by atoms with van der Waals surface area (Å²) in [5.74, 6) is -3.62. The summed E-state index contributed by atoms with van der Waals surface area (Å²) >= 11 is 0. The normalized spacial score (nSPS) is 21.3. The van der Waals surface area contributed by atoms with E-state index in [1.54, 1.807) is 0 Å². The number of hydrogen-bond acceptors (Lipinski definition) is 4. The molecule has 2 rings (SSSR count). The molecule has 0 saturated heterocycles. The van der Waals surface area contributed by atoms with Crippen LogP contribution in [0.5, 0.6) is 0 Å². The van der Waals surface area contributed by atoms with Gasteiger partial charge in [-0.25, -0.2) is 4.39 Å². The maximum absolute atomic E-state index is 13.9. The molecule has 21 heavy (non-hydrogen) atoms. The predicted molar refractivity (Wildman–Crippen MR) is 68.9 cm³/mol. The Labute approximate surface area is 119 Å². The molecule has 1 saturated carbocycles. The van der Waals surface area contributed by atoms with E-state index in [-0.39, 0.29) is 12.1 Å². The molecule has 0 radical (unpaired) electrons. The van der Waals surface area contributed by atoms with Gasteiger partial charge in [0.15, 0.2) is 0 Å². The Morgan fingerprint density at radius 3 is 2.76 bits per heavy atom. The van der Waals surface area contributed by atoms with Gasteiger partial charge in [-0.15, -0.1) is 0 Å². The molecular weight excluding hydrogens is 286 g/mol. The second-order valence-electron chi connectivity index (χ2n) is 4.80. The molecule has 2 atom stereocenters. The SMILES string of the molecule is COC1CCCC1NC(=O)c1c(F)ccc([N+](=O)[O-])c1F. The summed E-state index contributed by atoms with van der Waals surface area (Å²) in [5, 5.41) is 13.1. The fourth-order valence-electron chi connectivity index (χ4n) is 2.50. The van der Waals surface area contributed by atoms with Crippen molar-refractivity contribution in [3.8, 4) is 0 Å². The smallest absolute Gasteiger partial charge is 0.305 e. The van der Waals surface area contributed by atoms with Crippen LogP contribution < -0.4 is 5.32 Å². The minimum absolute atomic E-state index is 0.223. The van der Waals surface area contributed by atoms with Gasteiger partial charge in [-0.3, -0.25) is 14.9 Å². The van der Waals surface area contributed by atoms with Crippen molar-refractivity contribution in [3.63, 3.8) is 0 Å². The van der Waals surface area contributed by atoms with Gasteiger partial charge in [0.05, 0.1) is 17.1 Å². The fourth-order valence-corrected chi connectivity index (χ4v) is 2.50. The zero-order valence-corrected chi connectivity index (χ0v) is 11.3. The Balaban J connectivity index is 2.27. The van der Waals surface area contributed by atoms with Crippen molar-refractivity contribution >= 4 is 11.6 Å². The van der Waals surface area contributed by atoms with Gasteiger partial charge >= 0.3 is 5.69 Å². The van der Waals surface area contributed by atoms with E-state index in [4.69, 9.17) is 4.74 Å². The number of carbonyl (C=O) groups excluding carboxylic acids is 1. The molecule has 8 heteroatoms. The van der Waals surface area contributed by atoms with Crippen molar-refractivity contribution in [1.29, 1.82) is 0 Å². The fraction of sp³-hybridized carbons (Fsp3) is 0.462. The quantitative estimate of drug-likeness (QED) is 0.682. The van der Waals surface area contributed by atoms with E-state index in [1.807, 2.05) is 0 Å². The van der Waals surface area contributed by atoms with E-state index in [0.717, 1.165) is 12.8 Å². The van der Waals surface area contributed by atoms with Crippen LogP contribution in [0.4, 0.5) is 14.5 Å². The lowest BCUT2D eigenvalue weighted by Crippen LogP contribution is -2.41. The Kier molecular flexibility index (Phi) is 4.46. The van der Waals surface area contributed by atoms with Crippen LogP contribution in [0, 0.1) is 21.7 Å². The molecule has 0 spiro atoms. The van der Waals surface area contributed by atoms with Crippen molar-refractivity contribution in [1.82, 2.24) is 5.32 Å². The molecule has 114 valence electrons. The van der Waals surface area contributed by atoms with Gasteiger partial charge in [0.1, 0.15) is 11.4 Å². The van der Waals surface area contributed by atoms with Crippen LogP contribution in [0.15, 0.2) is 12.1 Å². The van der Waals surface area contributed by atoms with Gasteiger partial charge < -0.3 is 10.1 Å². The van der Waals surface area contributed by atoms with Gasteiger partial charge in [-0.2, -0.15) is 4.39 Å². The first-order valence-corrected chi connectivity index (χ1v) is 6.41. The number of rotatable bonds is 4. The summed E-state index contributed by atoms with van der Waals surface area (Å²) in [5.41, 5.74) is -1.87. The molecule has 1 aliphatic carbocycles. The number of benzene rings is 1. The number of hydrogen-bond donors (Lipinski definition) is 1. The molecule has 0 bridgehead atoms. The summed E-state index contributed by atoms with van der Waals surface area (Å²) in [7, 11) is 1.49. The Morgan fingerprint density at radius 1 is 1.43 bits per heavy atom. The van der Waals surface area contributed by atoms with Crippen LogP contribution in [0.2, 0.25) is 0 Å². The molecule has 1 fully saturated rings. The number of amides is 1. The molecule has 2 unspecified atom stereocenters. The summed E-state index contributed by atoms with van der Waals surface area (Å²) in [6, 6.07) is 1.04. The number of ether oxygens (including phenoxy) is 1. The lowest BCUT2D eigenvalue weighted by Gasteiger charge is -2.19. The lowest BCUT2D eigenvalue weighted by molar-refractivity contribution is -0.387. The Bertz CT molecular complexity index is 580. The number of nitrogens with zero attached hydrogens (tertiary/aromatic N) is 1. The number of nitrogens with one attached hydrogen (secondary N) is 1. The Morgan fingerprint density at radius 2 is 2.14 bits per heavy atom. The number of carbonyl (C=O) groups is 1. The number of methoxy groups -OCH3 is 1. The van der Waals surface area contributed by atoms with E-state index in [0.29, 0.717) is 18.6 Å². The van der Waals surface area contributed by atoms with Crippen molar-refractivity contribution in [2.45, 2.75) is 31.4 Å². The summed E-state index contributed by atoms with van der Waals surface area (Å²) in [6.07, 6.45) is 1.96. The van der Waals surface area contributed by atoms with Crippen LogP contribution in [0.25, 0.3) is 0 Å². The zero-order chi connectivity index (χ0) is 15.6. The molecule has 1 amide bonds. The molecule has 0 heterocycles. The zero-order valence-electron chi connectivity index (χ0n) is 11.3. The highest BCUT2D eigenvalue weighted by Gasteiger charge is 2.32. The van der Waals surface area contributed by atoms with E-state index in [1.165, 1.54) is 7.11 Å². The van der Waals surface area contributed by atoms with E-state index in [2.05, 4.69) is 5.32 Å². The van der Waals surface area contributed by atoms with Crippen LogP contribution in [-0.2, 0) is 4.74 Å². The Hall–Kier alpha value is -2.09. The summed E-state index contributed by atoms with van der Waals surface area (Å²) in [6.45, 7) is 0. The van der Waals surface area contributed by atoms with Gasteiger partial charge in [0, 0.05) is 13.2 Å². The van der Waals surface area contributed by atoms with Crippen molar-refractivity contribution in [2.24, 2.45) is 0 Å². The maximum Gasteiger partial charge on any atom is 0.305 e. The van der Waals surface area contributed by atoms with E-state index < -0.39 is 33.7 Å². The average Bonchev–Trinajstić information content (AvgIpc) is 2.85. The monoisotopic (exact) mass is 300 g/mol. The highest BCUT2D eigenvalue weighted by molar-refractivity contribution is 5.95. The largest absolute Gasteiger partial charge is 0.379 e. The predicted octanol–water partition coefficient (Wildman–Crippen LogP) is 2.17. The van der Waals surface area contributed by atoms with Crippen LogP contribution >= 0.6 is 0 Å². The van der Waals surface area contributed by atoms with Gasteiger partial charge in [-0.05, 0) is 25.3 Å². The topological polar surface area (TPSA) is 81.5 Å². The van der Waals surface area contributed by atoms with Crippen LogP contribution in [-0.4, -0.2) is 30.1 Å². The molecule has 1 N–H and O–H groups in total. The molecule has 0 aromatic heterocycles. The second kappa shape index (κ2) is 6.13. The minimum Gasteiger partial charge on any atom is -0.379 e. The van der Waals surface area contributed by atoms with Crippen molar-refractivity contribution < 1.29 is 23.2 Å². The lowest BCUT2D eigenvalue weighted by atomic mass is 10.1. The summed E-state index contributed by atoms with van der Waals surface area (Å²) in [4.78, 5) is 21.7. The first-order valence-electron chi connectivity index (χ1n) is 6.41. The minimum atomic E-state index is -1.47. The summed E-state index contributed by atoms with van der Waals surface area (Å²) < 4.78 is 32.7. The molecule has 1 aromatic rings. The highest BCUT2D eigenvalue weighted by Crippen LogP contribution is 2.25. The van der Waals surface area contributed by atoms with Gasteiger partial charge in [0.2, 0.25) is 5.82 Å². The molecule has 1 aromatic carbocycles. The van der Waals surface area contributed by atoms with Crippen molar-refractivity contribution in [3.05, 3.63) is 39.4 Å². The standard InChI is InChI=1S/C13H14F2N2O4/c1-21-10-4-2-3-8(10)16-13(18)11-7(14)5-6-9(12(11)15)17(19)20/h5-6,8,10H,2-4H2,1H3,(H,16,18). The maximum atomic E-state index is 13.9. The number of halogens is 2.